The second-order valence-electron chi connectivity index (χ2n) is 8.31. The number of hydrogen-bond donors (Lipinski definition) is 2. The SMILES string of the molecule is CC1(C)CC(NC2CCCC2CN)CC(C)(C)C1. The van der Waals surface area contributed by atoms with E-state index in [0.29, 0.717) is 22.9 Å². The zero-order chi connectivity index (χ0) is 13.4. The fraction of sp³-hybridized carbons (Fsp3) is 1.00. The molecule has 2 rings (SSSR count). The van der Waals surface area contributed by atoms with Gasteiger partial charge in [-0.2, -0.15) is 0 Å². The van der Waals surface area contributed by atoms with Crippen molar-refractivity contribution in [2.75, 3.05) is 6.54 Å². The van der Waals surface area contributed by atoms with E-state index in [-0.39, 0.29) is 0 Å². The summed E-state index contributed by atoms with van der Waals surface area (Å²) in [6.07, 6.45) is 8.02. The smallest absolute Gasteiger partial charge is 0.0110 e. The summed E-state index contributed by atoms with van der Waals surface area (Å²) < 4.78 is 0. The Bertz CT molecular complexity index is 267. The van der Waals surface area contributed by atoms with Crippen LogP contribution in [0.3, 0.4) is 0 Å². The highest BCUT2D eigenvalue weighted by Crippen LogP contribution is 2.46. The molecule has 0 aromatic rings. The molecular formula is C16H32N2. The van der Waals surface area contributed by atoms with E-state index in [9.17, 15) is 0 Å². The first-order valence-corrected chi connectivity index (χ1v) is 7.77. The van der Waals surface area contributed by atoms with Gasteiger partial charge in [-0.25, -0.2) is 0 Å². The van der Waals surface area contributed by atoms with Gasteiger partial charge in [-0.1, -0.05) is 34.1 Å². The molecule has 0 heterocycles. The van der Waals surface area contributed by atoms with Crippen LogP contribution in [0.4, 0.5) is 0 Å². The van der Waals surface area contributed by atoms with Crippen molar-refractivity contribution >= 4 is 0 Å². The molecule has 0 radical (unpaired) electrons. The molecule has 2 saturated carbocycles. The molecule has 106 valence electrons. The molecule has 2 aliphatic rings. The van der Waals surface area contributed by atoms with E-state index < -0.39 is 0 Å². The highest BCUT2D eigenvalue weighted by Gasteiger charge is 2.39. The van der Waals surface area contributed by atoms with Crippen molar-refractivity contribution in [3.63, 3.8) is 0 Å². The van der Waals surface area contributed by atoms with Crippen molar-refractivity contribution in [2.45, 2.75) is 78.3 Å². The lowest BCUT2D eigenvalue weighted by Gasteiger charge is -2.46. The fourth-order valence-electron chi connectivity index (χ4n) is 4.81. The average Bonchev–Trinajstić information content (AvgIpc) is 2.59. The van der Waals surface area contributed by atoms with E-state index in [2.05, 4.69) is 33.0 Å². The van der Waals surface area contributed by atoms with Crippen LogP contribution in [0.5, 0.6) is 0 Å². The standard InChI is InChI=1S/C16H32N2/c1-15(2)8-13(9-16(3,4)11-15)18-14-7-5-6-12(14)10-17/h12-14,18H,5-11,17H2,1-4H3. The van der Waals surface area contributed by atoms with Gasteiger partial charge < -0.3 is 11.1 Å². The topological polar surface area (TPSA) is 38.0 Å². The van der Waals surface area contributed by atoms with Crippen molar-refractivity contribution in [3.8, 4) is 0 Å². The lowest BCUT2D eigenvalue weighted by Crippen LogP contribution is -2.49. The highest BCUT2D eigenvalue weighted by atomic mass is 15.0. The van der Waals surface area contributed by atoms with Gasteiger partial charge in [0.15, 0.2) is 0 Å². The monoisotopic (exact) mass is 252 g/mol. The summed E-state index contributed by atoms with van der Waals surface area (Å²) >= 11 is 0. The Morgan fingerprint density at radius 2 is 1.67 bits per heavy atom. The first kappa shape index (κ1) is 14.3. The quantitative estimate of drug-likeness (QED) is 0.809. The zero-order valence-electron chi connectivity index (χ0n) is 12.8. The summed E-state index contributed by atoms with van der Waals surface area (Å²) in [5.74, 6) is 0.721. The molecule has 2 nitrogen and oxygen atoms in total. The van der Waals surface area contributed by atoms with Crippen LogP contribution in [0.2, 0.25) is 0 Å². The van der Waals surface area contributed by atoms with Gasteiger partial charge in [-0.05, 0) is 55.4 Å². The molecular weight excluding hydrogens is 220 g/mol. The Morgan fingerprint density at radius 3 is 2.22 bits per heavy atom. The summed E-state index contributed by atoms with van der Waals surface area (Å²) in [5, 5.41) is 3.95. The Hall–Kier alpha value is -0.0800. The van der Waals surface area contributed by atoms with Gasteiger partial charge in [-0.3, -0.25) is 0 Å². The van der Waals surface area contributed by atoms with Crippen molar-refractivity contribution in [3.05, 3.63) is 0 Å². The van der Waals surface area contributed by atoms with E-state index in [1.807, 2.05) is 0 Å². The van der Waals surface area contributed by atoms with E-state index in [4.69, 9.17) is 5.73 Å². The molecule has 3 N–H and O–H groups in total. The molecule has 0 spiro atoms. The third-order valence-electron chi connectivity index (χ3n) is 4.97. The normalized spacial score (nSPS) is 35.8. The molecule has 2 atom stereocenters. The summed E-state index contributed by atoms with van der Waals surface area (Å²) in [5.41, 5.74) is 6.86. The minimum atomic E-state index is 0.482. The molecule has 2 fully saturated rings. The highest BCUT2D eigenvalue weighted by molar-refractivity contribution is 4.95. The molecule has 0 aliphatic heterocycles. The van der Waals surface area contributed by atoms with Gasteiger partial charge in [0, 0.05) is 12.1 Å². The van der Waals surface area contributed by atoms with Crippen molar-refractivity contribution in [1.29, 1.82) is 0 Å². The van der Waals surface area contributed by atoms with Gasteiger partial charge in [0.05, 0.1) is 0 Å². The van der Waals surface area contributed by atoms with E-state index in [1.165, 1.54) is 38.5 Å². The van der Waals surface area contributed by atoms with Gasteiger partial charge in [0.2, 0.25) is 0 Å². The maximum Gasteiger partial charge on any atom is 0.0110 e. The van der Waals surface area contributed by atoms with Gasteiger partial charge in [-0.15, -0.1) is 0 Å². The number of rotatable bonds is 3. The van der Waals surface area contributed by atoms with Gasteiger partial charge >= 0.3 is 0 Å². The Kier molecular flexibility index (Phi) is 4.08. The van der Waals surface area contributed by atoms with Crippen LogP contribution in [-0.4, -0.2) is 18.6 Å². The number of nitrogens with one attached hydrogen (secondary N) is 1. The van der Waals surface area contributed by atoms with E-state index in [1.54, 1.807) is 0 Å². The van der Waals surface area contributed by atoms with E-state index in [0.717, 1.165) is 12.5 Å². The molecule has 2 heteroatoms. The molecule has 0 amide bonds. The fourth-order valence-corrected chi connectivity index (χ4v) is 4.81. The number of hydrogen-bond acceptors (Lipinski definition) is 2. The lowest BCUT2D eigenvalue weighted by molar-refractivity contribution is 0.0779. The van der Waals surface area contributed by atoms with E-state index >= 15 is 0 Å². The Labute approximate surface area is 113 Å². The summed E-state index contributed by atoms with van der Waals surface area (Å²) in [7, 11) is 0. The minimum absolute atomic E-state index is 0.482. The van der Waals surface area contributed by atoms with Crippen LogP contribution in [0.1, 0.15) is 66.2 Å². The summed E-state index contributed by atoms with van der Waals surface area (Å²) in [6, 6.07) is 1.38. The molecule has 18 heavy (non-hydrogen) atoms. The maximum atomic E-state index is 5.90. The summed E-state index contributed by atoms with van der Waals surface area (Å²) in [6.45, 7) is 10.6. The number of nitrogens with two attached hydrogens (primary N) is 1. The molecule has 2 unspecified atom stereocenters. The predicted molar refractivity (Wildman–Crippen MR) is 78.5 cm³/mol. The predicted octanol–water partition coefficient (Wildman–Crippen LogP) is 3.31. The molecule has 0 bridgehead atoms. The second-order valence-corrected chi connectivity index (χ2v) is 8.31. The van der Waals surface area contributed by atoms with Crippen LogP contribution >= 0.6 is 0 Å². The Morgan fingerprint density at radius 1 is 1.06 bits per heavy atom. The van der Waals surface area contributed by atoms with Crippen molar-refractivity contribution in [1.82, 2.24) is 5.32 Å². The van der Waals surface area contributed by atoms with Crippen LogP contribution in [0, 0.1) is 16.7 Å². The average molecular weight is 252 g/mol. The van der Waals surface area contributed by atoms with Gasteiger partial charge in [0.25, 0.3) is 0 Å². The zero-order valence-corrected chi connectivity index (χ0v) is 12.8. The van der Waals surface area contributed by atoms with Crippen LogP contribution in [0.15, 0.2) is 0 Å². The summed E-state index contributed by atoms with van der Waals surface area (Å²) in [4.78, 5) is 0. The molecule has 2 aliphatic carbocycles. The van der Waals surface area contributed by atoms with Crippen LogP contribution in [0.25, 0.3) is 0 Å². The van der Waals surface area contributed by atoms with Crippen molar-refractivity contribution in [2.24, 2.45) is 22.5 Å². The largest absolute Gasteiger partial charge is 0.330 e. The van der Waals surface area contributed by atoms with Crippen molar-refractivity contribution < 1.29 is 0 Å². The second kappa shape index (κ2) is 5.13. The third kappa shape index (κ3) is 3.48. The Balaban J connectivity index is 1.96. The molecule has 0 aromatic carbocycles. The van der Waals surface area contributed by atoms with Crippen LogP contribution < -0.4 is 11.1 Å². The van der Waals surface area contributed by atoms with Gasteiger partial charge in [0.1, 0.15) is 0 Å². The lowest BCUT2D eigenvalue weighted by atomic mass is 9.63. The first-order valence-electron chi connectivity index (χ1n) is 7.77. The molecule has 0 saturated heterocycles. The van der Waals surface area contributed by atoms with Crippen LogP contribution in [-0.2, 0) is 0 Å². The maximum absolute atomic E-state index is 5.90. The third-order valence-corrected chi connectivity index (χ3v) is 4.97. The molecule has 0 aromatic heterocycles. The minimum Gasteiger partial charge on any atom is -0.330 e. The first-order chi connectivity index (χ1) is 8.31.